The number of hydrogen-bond acceptors (Lipinski definition) is 3. The van der Waals surface area contributed by atoms with Crippen molar-refractivity contribution >= 4 is 17.8 Å². The zero-order chi connectivity index (χ0) is 8.81. The third kappa shape index (κ3) is 2.45. The van der Waals surface area contributed by atoms with E-state index in [1.165, 1.54) is 12.6 Å². The third-order valence-corrected chi connectivity index (χ3v) is 1.63. The zero-order valence-electron chi connectivity index (χ0n) is 7.21. The van der Waals surface area contributed by atoms with Gasteiger partial charge in [-0.2, -0.15) is 5.10 Å². The van der Waals surface area contributed by atoms with Crippen molar-refractivity contribution in [2.24, 2.45) is 10.1 Å². The molecule has 66 valence electrons. The predicted molar refractivity (Wildman–Crippen MR) is 48.5 cm³/mol. The topological polar surface area (TPSA) is 53.8 Å². The predicted octanol–water partition coefficient (Wildman–Crippen LogP) is 0.733. The Hall–Kier alpha value is -1.19. The molecule has 4 nitrogen and oxygen atoms in total. The van der Waals surface area contributed by atoms with E-state index in [-0.39, 0.29) is 5.91 Å². The summed E-state index contributed by atoms with van der Waals surface area (Å²) >= 11 is 0. The van der Waals surface area contributed by atoms with Crippen LogP contribution in [0.4, 0.5) is 0 Å². The fraction of sp³-hybridized carbons (Fsp3) is 0.625. The average Bonchev–Trinajstić information content (AvgIpc) is 2.46. The minimum absolute atomic E-state index is 0.188. The van der Waals surface area contributed by atoms with Crippen molar-refractivity contribution in [3.05, 3.63) is 0 Å². The number of hydrazone groups is 1. The maximum absolute atomic E-state index is 10.9. The lowest BCUT2D eigenvalue weighted by atomic mass is 10.2. The fourth-order valence-corrected chi connectivity index (χ4v) is 0.942. The molecule has 12 heavy (non-hydrogen) atoms. The van der Waals surface area contributed by atoms with Crippen molar-refractivity contribution in [1.82, 2.24) is 5.43 Å². The van der Waals surface area contributed by atoms with E-state index in [2.05, 4.69) is 22.4 Å². The summed E-state index contributed by atoms with van der Waals surface area (Å²) in [5, 5.41) is 3.59. The molecular weight excluding hydrogens is 154 g/mol. The second kappa shape index (κ2) is 4.64. The third-order valence-electron chi connectivity index (χ3n) is 1.63. The van der Waals surface area contributed by atoms with Gasteiger partial charge in [0.25, 0.3) is 5.91 Å². The van der Waals surface area contributed by atoms with E-state index in [4.69, 9.17) is 0 Å². The number of unbranched alkanes of at least 4 members (excludes halogenated alkanes) is 2. The molecule has 1 N–H and O–H groups in total. The summed E-state index contributed by atoms with van der Waals surface area (Å²) < 4.78 is 0. The van der Waals surface area contributed by atoms with Gasteiger partial charge in [-0.3, -0.25) is 9.79 Å². The number of carbonyl (C=O) groups excluding carboxylic acids is 1. The van der Waals surface area contributed by atoms with Gasteiger partial charge in [0.05, 0.1) is 6.21 Å². The molecule has 0 aromatic heterocycles. The first-order valence-corrected chi connectivity index (χ1v) is 4.22. The summed E-state index contributed by atoms with van der Waals surface area (Å²) in [6.07, 6.45) is 4.84. The SMILES string of the molecule is CCCCCN=C1C=NNC1=O. The molecule has 0 fully saturated rings. The van der Waals surface area contributed by atoms with E-state index in [1.54, 1.807) is 0 Å². The Morgan fingerprint density at radius 3 is 3.00 bits per heavy atom. The first kappa shape index (κ1) is 8.90. The van der Waals surface area contributed by atoms with Crippen molar-refractivity contribution in [3.8, 4) is 0 Å². The maximum Gasteiger partial charge on any atom is 0.291 e. The maximum atomic E-state index is 10.9. The highest BCUT2D eigenvalue weighted by Crippen LogP contribution is 1.94. The van der Waals surface area contributed by atoms with Crippen LogP contribution in [0.5, 0.6) is 0 Å². The Morgan fingerprint density at radius 2 is 2.42 bits per heavy atom. The second-order valence-corrected chi connectivity index (χ2v) is 2.67. The van der Waals surface area contributed by atoms with Gasteiger partial charge in [-0.1, -0.05) is 19.8 Å². The van der Waals surface area contributed by atoms with Crippen molar-refractivity contribution < 1.29 is 4.79 Å². The highest BCUT2D eigenvalue weighted by molar-refractivity contribution is 6.62. The number of rotatable bonds is 4. The summed E-state index contributed by atoms with van der Waals surface area (Å²) in [5.41, 5.74) is 2.76. The largest absolute Gasteiger partial charge is 0.291 e. The molecule has 0 spiro atoms. The first-order chi connectivity index (χ1) is 5.84. The van der Waals surface area contributed by atoms with Gasteiger partial charge in [0, 0.05) is 6.54 Å². The first-order valence-electron chi connectivity index (χ1n) is 4.22. The van der Waals surface area contributed by atoms with Gasteiger partial charge in [-0.25, -0.2) is 5.43 Å². The van der Waals surface area contributed by atoms with E-state index in [1.807, 2.05) is 0 Å². The molecule has 0 radical (unpaired) electrons. The monoisotopic (exact) mass is 167 g/mol. The van der Waals surface area contributed by atoms with Crippen LogP contribution in [-0.4, -0.2) is 24.4 Å². The van der Waals surface area contributed by atoms with E-state index in [0.717, 1.165) is 19.4 Å². The molecule has 0 bridgehead atoms. The lowest BCUT2D eigenvalue weighted by molar-refractivity contribution is -0.114. The number of amides is 1. The minimum atomic E-state index is -0.188. The standard InChI is InChI=1S/C8H13N3O/c1-2-3-4-5-9-7-6-10-11-8(7)12/h6H,2-5H2,1H3,(H,9,11,12). The van der Waals surface area contributed by atoms with Crippen LogP contribution in [0.15, 0.2) is 10.1 Å². The summed E-state index contributed by atoms with van der Waals surface area (Å²) in [6, 6.07) is 0. The molecule has 1 amide bonds. The summed E-state index contributed by atoms with van der Waals surface area (Å²) in [6.45, 7) is 2.86. The smallest absolute Gasteiger partial charge is 0.278 e. The molecular formula is C8H13N3O. The second-order valence-electron chi connectivity index (χ2n) is 2.67. The Labute approximate surface area is 71.8 Å². The summed E-state index contributed by atoms with van der Waals surface area (Å²) in [5.74, 6) is -0.188. The minimum Gasteiger partial charge on any atom is -0.278 e. The zero-order valence-corrected chi connectivity index (χ0v) is 7.21. The van der Waals surface area contributed by atoms with E-state index >= 15 is 0 Å². The molecule has 0 saturated heterocycles. The van der Waals surface area contributed by atoms with Crippen LogP contribution in [-0.2, 0) is 4.79 Å². The molecule has 1 heterocycles. The molecule has 0 aliphatic carbocycles. The highest BCUT2D eigenvalue weighted by Gasteiger charge is 2.12. The summed E-state index contributed by atoms with van der Waals surface area (Å²) in [4.78, 5) is 15.0. The number of aliphatic imine (C=N–C) groups is 1. The normalized spacial score (nSPS) is 18.8. The van der Waals surface area contributed by atoms with Gasteiger partial charge in [0.2, 0.25) is 0 Å². The van der Waals surface area contributed by atoms with Crippen LogP contribution in [0.1, 0.15) is 26.2 Å². The van der Waals surface area contributed by atoms with Crippen molar-refractivity contribution in [3.63, 3.8) is 0 Å². The highest BCUT2D eigenvalue weighted by atomic mass is 16.2. The van der Waals surface area contributed by atoms with Gasteiger partial charge in [0.1, 0.15) is 5.71 Å². The number of hydrogen-bond donors (Lipinski definition) is 1. The quantitative estimate of drug-likeness (QED) is 0.617. The van der Waals surface area contributed by atoms with Crippen molar-refractivity contribution in [2.75, 3.05) is 6.54 Å². The lowest BCUT2D eigenvalue weighted by Gasteiger charge is -1.93. The van der Waals surface area contributed by atoms with Crippen LogP contribution in [0.25, 0.3) is 0 Å². The molecule has 4 heteroatoms. The van der Waals surface area contributed by atoms with E-state index < -0.39 is 0 Å². The lowest BCUT2D eigenvalue weighted by Crippen LogP contribution is -2.19. The fourth-order valence-electron chi connectivity index (χ4n) is 0.942. The molecule has 0 aromatic rings. The molecule has 0 aromatic carbocycles. The Morgan fingerprint density at radius 1 is 1.58 bits per heavy atom. The number of carbonyl (C=O) groups is 1. The summed E-state index contributed by atoms with van der Waals surface area (Å²) in [7, 11) is 0. The van der Waals surface area contributed by atoms with E-state index in [9.17, 15) is 4.79 Å². The number of nitrogens with zero attached hydrogens (tertiary/aromatic N) is 2. The van der Waals surface area contributed by atoms with Gasteiger partial charge >= 0.3 is 0 Å². The Bertz CT molecular complexity index is 220. The van der Waals surface area contributed by atoms with Crippen LogP contribution in [0, 0.1) is 0 Å². The average molecular weight is 167 g/mol. The van der Waals surface area contributed by atoms with Gasteiger partial charge in [0.15, 0.2) is 0 Å². The van der Waals surface area contributed by atoms with Crippen molar-refractivity contribution in [1.29, 1.82) is 0 Å². The molecule has 0 atom stereocenters. The molecule has 0 unspecified atom stereocenters. The Kier molecular flexibility index (Phi) is 3.44. The molecule has 1 aliphatic heterocycles. The molecule has 1 rings (SSSR count). The van der Waals surface area contributed by atoms with Crippen molar-refractivity contribution in [2.45, 2.75) is 26.2 Å². The number of nitrogens with one attached hydrogen (secondary N) is 1. The Balaban J connectivity index is 2.27. The van der Waals surface area contributed by atoms with Gasteiger partial charge in [-0.15, -0.1) is 0 Å². The van der Waals surface area contributed by atoms with Crippen LogP contribution < -0.4 is 5.43 Å². The molecule has 1 aliphatic rings. The van der Waals surface area contributed by atoms with E-state index in [0.29, 0.717) is 5.71 Å². The van der Waals surface area contributed by atoms with Gasteiger partial charge in [-0.05, 0) is 6.42 Å². The van der Waals surface area contributed by atoms with Crippen LogP contribution in [0.2, 0.25) is 0 Å². The molecule has 0 saturated carbocycles. The van der Waals surface area contributed by atoms with Crippen LogP contribution >= 0.6 is 0 Å². The van der Waals surface area contributed by atoms with Gasteiger partial charge < -0.3 is 0 Å². The van der Waals surface area contributed by atoms with Crippen LogP contribution in [0.3, 0.4) is 0 Å².